The van der Waals surface area contributed by atoms with E-state index < -0.39 is 0 Å². The van der Waals surface area contributed by atoms with Gasteiger partial charge in [0.2, 0.25) is 11.9 Å². The highest BCUT2D eigenvalue weighted by molar-refractivity contribution is 8.76. The number of nitrogens with two attached hydrogens (primary N) is 2. The second-order valence-electron chi connectivity index (χ2n) is 15.0. The molecule has 0 saturated carbocycles. The first-order valence-electron chi connectivity index (χ1n) is 22.0. The summed E-state index contributed by atoms with van der Waals surface area (Å²) in [6, 6.07) is 7.31. The highest BCUT2D eigenvalue weighted by Gasteiger charge is 2.13. The smallest absolute Gasteiger partial charge is 0.225 e. The molecular formula is C44H72N10O4S2. The normalized spacial score (nSPS) is 11.3. The van der Waals surface area contributed by atoms with Crippen molar-refractivity contribution >= 4 is 66.9 Å². The topological polar surface area (TPSA) is 189 Å². The minimum atomic E-state index is 0.432. The Morgan fingerprint density at radius 2 is 0.733 bits per heavy atom. The van der Waals surface area contributed by atoms with Crippen LogP contribution in [0.25, 0.3) is 21.8 Å². The van der Waals surface area contributed by atoms with Crippen molar-refractivity contribution in [2.24, 2.45) is 0 Å². The largest absolute Gasteiger partial charge is 0.493 e. The fourth-order valence-corrected chi connectivity index (χ4v) is 8.88. The minimum absolute atomic E-state index is 0.432. The molecule has 0 atom stereocenters. The van der Waals surface area contributed by atoms with Crippen LogP contribution >= 0.6 is 21.6 Å². The molecule has 0 aliphatic rings. The highest BCUT2D eigenvalue weighted by atomic mass is 33.1. The van der Waals surface area contributed by atoms with E-state index in [-0.39, 0.29) is 0 Å². The van der Waals surface area contributed by atoms with E-state index in [4.69, 9.17) is 30.4 Å². The van der Waals surface area contributed by atoms with Crippen molar-refractivity contribution in [3.05, 3.63) is 24.3 Å². The molecule has 4 aromatic rings. The molecule has 4 rings (SSSR count). The summed E-state index contributed by atoms with van der Waals surface area (Å²) in [6.45, 7) is 6.12. The highest BCUT2D eigenvalue weighted by Crippen LogP contribution is 2.35. The lowest BCUT2D eigenvalue weighted by atomic mass is 10.1. The maximum Gasteiger partial charge on any atom is 0.225 e. The van der Waals surface area contributed by atoms with Gasteiger partial charge in [0.05, 0.1) is 39.5 Å². The first-order valence-corrected chi connectivity index (χ1v) is 24.5. The average Bonchev–Trinajstić information content (AvgIpc) is 3.26. The Bertz CT molecular complexity index is 1680. The summed E-state index contributed by atoms with van der Waals surface area (Å²) in [7, 11) is 10.4. The summed E-state index contributed by atoms with van der Waals surface area (Å²) in [5.74, 6) is 6.78. The number of methoxy groups -OCH3 is 4. The Labute approximate surface area is 366 Å². The number of hydrogen-bond acceptors (Lipinski definition) is 16. The van der Waals surface area contributed by atoms with Crippen molar-refractivity contribution in [1.29, 1.82) is 0 Å². The van der Waals surface area contributed by atoms with Crippen LogP contribution in [-0.4, -0.2) is 99.1 Å². The Morgan fingerprint density at radius 3 is 1.08 bits per heavy atom. The van der Waals surface area contributed by atoms with Crippen LogP contribution in [0.5, 0.6) is 23.0 Å². The number of anilines is 4. The summed E-state index contributed by atoms with van der Waals surface area (Å²) in [5.41, 5.74) is 13.9. The lowest BCUT2D eigenvalue weighted by Crippen LogP contribution is -2.19. The third-order valence-electron chi connectivity index (χ3n) is 10.4. The van der Waals surface area contributed by atoms with E-state index in [1.807, 2.05) is 45.9 Å². The van der Waals surface area contributed by atoms with Gasteiger partial charge in [0, 0.05) is 60.6 Å². The number of nitrogens with one attached hydrogen (secondary N) is 4. The van der Waals surface area contributed by atoms with E-state index >= 15 is 0 Å². The number of rotatable bonds is 35. The summed E-state index contributed by atoms with van der Waals surface area (Å²) in [5, 5.41) is 15.4. The van der Waals surface area contributed by atoms with E-state index in [9.17, 15) is 0 Å². The quantitative estimate of drug-likeness (QED) is 0.0190. The summed E-state index contributed by atoms with van der Waals surface area (Å²) in [4.78, 5) is 18.1. The molecule has 16 heteroatoms. The van der Waals surface area contributed by atoms with Gasteiger partial charge in [0.1, 0.15) is 11.6 Å². The van der Waals surface area contributed by atoms with Crippen LogP contribution < -0.4 is 51.7 Å². The van der Waals surface area contributed by atoms with Crippen LogP contribution in [0.1, 0.15) is 103 Å². The molecule has 2 aromatic heterocycles. The summed E-state index contributed by atoms with van der Waals surface area (Å²) in [6.07, 6.45) is 20.2. The number of benzene rings is 2. The molecule has 0 bridgehead atoms. The van der Waals surface area contributed by atoms with Crippen molar-refractivity contribution in [3.63, 3.8) is 0 Å². The van der Waals surface area contributed by atoms with E-state index in [1.54, 1.807) is 28.4 Å². The Morgan fingerprint density at radius 1 is 0.417 bits per heavy atom. The summed E-state index contributed by atoms with van der Waals surface area (Å²) < 4.78 is 21.5. The van der Waals surface area contributed by atoms with E-state index in [0.717, 1.165) is 73.9 Å². The van der Waals surface area contributed by atoms with Crippen molar-refractivity contribution in [3.8, 4) is 23.0 Å². The Hall–Kier alpha value is -3.86. The summed E-state index contributed by atoms with van der Waals surface area (Å²) >= 11 is 0. The van der Waals surface area contributed by atoms with Crippen LogP contribution in [0, 0.1) is 0 Å². The number of aromatic nitrogens is 4. The van der Waals surface area contributed by atoms with Crippen molar-refractivity contribution in [2.75, 3.05) is 101 Å². The van der Waals surface area contributed by atoms with Crippen molar-refractivity contribution < 1.29 is 18.9 Å². The fraction of sp³-hybridized carbons (Fsp3) is 0.636. The van der Waals surface area contributed by atoms with Gasteiger partial charge in [0.15, 0.2) is 23.0 Å². The van der Waals surface area contributed by atoms with Gasteiger partial charge >= 0.3 is 0 Å². The molecule has 334 valence electrons. The second kappa shape index (κ2) is 29.4. The van der Waals surface area contributed by atoms with Crippen molar-refractivity contribution in [2.45, 2.75) is 103 Å². The molecule has 0 radical (unpaired) electrons. The molecule has 14 nitrogen and oxygen atoms in total. The van der Waals surface area contributed by atoms with Gasteiger partial charge in [-0.2, -0.15) is 9.97 Å². The monoisotopic (exact) mass is 869 g/mol. The molecule has 0 spiro atoms. The molecule has 0 unspecified atom stereocenters. The lowest BCUT2D eigenvalue weighted by molar-refractivity contribution is 0.356. The number of hydrogen-bond donors (Lipinski definition) is 6. The molecular weight excluding hydrogens is 797 g/mol. The van der Waals surface area contributed by atoms with Crippen LogP contribution in [0.15, 0.2) is 24.3 Å². The van der Waals surface area contributed by atoms with Gasteiger partial charge in [0.25, 0.3) is 0 Å². The van der Waals surface area contributed by atoms with Crippen LogP contribution in [0.2, 0.25) is 0 Å². The number of unbranched alkanes of at least 4 members (excludes halogenated alkanes) is 14. The van der Waals surface area contributed by atoms with Crippen LogP contribution in [0.4, 0.5) is 23.5 Å². The first kappa shape index (κ1) is 48.8. The van der Waals surface area contributed by atoms with Gasteiger partial charge in [-0.3, -0.25) is 0 Å². The zero-order valence-electron chi connectivity index (χ0n) is 36.7. The van der Waals surface area contributed by atoms with Gasteiger partial charge in [-0.05, 0) is 50.9 Å². The van der Waals surface area contributed by atoms with E-state index in [0.29, 0.717) is 46.5 Å². The molecule has 8 N–H and O–H groups in total. The predicted octanol–water partition coefficient (Wildman–Crippen LogP) is 9.10. The average molecular weight is 869 g/mol. The molecule has 60 heavy (non-hydrogen) atoms. The van der Waals surface area contributed by atoms with Gasteiger partial charge in [-0.15, -0.1) is 0 Å². The molecule has 2 aromatic carbocycles. The standard InChI is InChI=1S/C44H72N10O4S2/c1-55-37-29-33-35(31-39(37)57-3)51-43(53-41(33)45)49-23-19-15-11-7-5-9-13-17-21-47-25-27-59-60-28-26-48-22-18-14-10-6-8-12-16-20-24-50-44-52-36-32-40(58-4)38(56-2)30-34(36)42(46)54-44/h29-32,47-48H,5-28H2,1-4H3,(H3,45,49,51,53)(H3,46,50,52,54). The van der Waals surface area contributed by atoms with Crippen molar-refractivity contribution in [1.82, 2.24) is 30.6 Å². The second-order valence-corrected chi connectivity index (χ2v) is 17.7. The Balaban J connectivity index is 0.833. The maximum atomic E-state index is 6.19. The number of nitrogen functional groups attached to an aromatic ring is 2. The third-order valence-corrected chi connectivity index (χ3v) is 12.8. The molecule has 0 amide bonds. The molecule has 2 heterocycles. The predicted molar refractivity (Wildman–Crippen MR) is 256 cm³/mol. The van der Waals surface area contributed by atoms with E-state index in [2.05, 4.69) is 41.2 Å². The zero-order valence-corrected chi connectivity index (χ0v) is 38.3. The number of fused-ring (bicyclic) bond motifs is 2. The van der Waals surface area contributed by atoms with Gasteiger partial charge in [-0.1, -0.05) is 98.6 Å². The maximum absolute atomic E-state index is 6.19. The van der Waals surface area contributed by atoms with Crippen LogP contribution in [-0.2, 0) is 0 Å². The molecule has 0 fully saturated rings. The zero-order chi connectivity index (χ0) is 42.6. The lowest BCUT2D eigenvalue weighted by Gasteiger charge is -2.11. The number of nitrogens with zero attached hydrogens (tertiary/aromatic N) is 4. The first-order chi connectivity index (χ1) is 29.5. The Kier molecular flexibility index (Phi) is 23.9. The third kappa shape index (κ3) is 17.6. The molecule has 0 aliphatic carbocycles. The molecule has 0 saturated heterocycles. The molecule has 0 aliphatic heterocycles. The van der Waals surface area contributed by atoms with Gasteiger partial charge in [-0.25, -0.2) is 9.97 Å². The van der Waals surface area contributed by atoms with Crippen LogP contribution in [0.3, 0.4) is 0 Å². The SMILES string of the molecule is COc1cc2nc(NCCCCCCCCCCNCCSSCCNCCCCCCCCCCNc3nc(N)c4cc(OC)c(OC)cc4n3)nc(N)c2cc1OC. The fourth-order valence-electron chi connectivity index (χ4n) is 6.98. The van der Waals surface area contributed by atoms with Gasteiger partial charge < -0.3 is 51.7 Å². The minimum Gasteiger partial charge on any atom is -0.493 e. The van der Waals surface area contributed by atoms with E-state index in [1.165, 1.54) is 101 Å². The number of ether oxygens (including phenoxy) is 4.